The molecule has 2 N–H and O–H groups in total. The fourth-order valence-electron chi connectivity index (χ4n) is 0.360. The Balaban J connectivity index is 2.42. The van der Waals surface area contributed by atoms with E-state index in [0.717, 1.165) is 5.04 Å². The van der Waals surface area contributed by atoms with Crippen LogP contribution in [-0.2, 0) is 0 Å². The predicted octanol–water partition coefficient (Wildman–Crippen LogP) is -0.0679. The van der Waals surface area contributed by atoms with Crippen LogP contribution in [0.5, 0.6) is 0 Å². The van der Waals surface area contributed by atoms with Crippen molar-refractivity contribution >= 4 is 16.8 Å². The normalized spacial score (nSPS) is 29.4. The van der Waals surface area contributed by atoms with E-state index in [1.807, 2.05) is 6.92 Å². The van der Waals surface area contributed by atoms with Gasteiger partial charge in [0, 0.05) is 0 Å². The topological polar surface area (TPSA) is 44.6 Å². The van der Waals surface area contributed by atoms with Crippen molar-refractivity contribution in [1.82, 2.24) is 5.43 Å². The summed E-state index contributed by atoms with van der Waals surface area (Å²) >= 11 is 1.31. The fourth-order valence-corrected chi connectivity index (χ4v) is 0.894. The lowest BCUT2D eigenvalue weighted by Crippen LogP contribution is -2.13. The third-order valence-corrected chi connectivity index (χ3v) is 1.38. The Kier molecular flexibility index (Phi) is 1.21. The summed E-state index contributed by atoms with van der Waals surface area (Å²) in [6, 6.07) is 0. The molecule has 4 heteroatoms. The van der Waals surface area contributed by atoms with Crippen LogP contribution in [0.15, 0.2) is 5.10 Å². The summed E-state index contributed by atoms with van der Waals surface area (Å²) in [5.41, 5.74) is 1.96. The number of nitrogens with zero attached hydrogens (tertiary/aromatic N) is 1. The molecule has 0 saturated carbocycles. The molecule has 1 heterocycles. The van der Waals surface area contributed by atoms with E-state index >= 15 is 0 Å². The highest BCUT2D eigenvalue weighted by molar-refractivity contribution is 8.14. The van der Waals surface area contributed by atoms with Gasteiger partial charge >= 0.3 is 0 Å². The van der Waals surface area contributed by atoms with E-state index in [1.54, 1.807) is 0 Å². The van der Waals surface area contributed by atoms with Crippen LogP contribution in [0.4, 0.5) is 0 Å². The van der Waals surface area contributed by atoms with E-state index in [9.17, 15) is 0 Å². The molecule has 1 aliphatic rings. The Labute approximate surface area is 45.8 Å². The zero-order chi connectivity index (χ0) is 5.28. The van der Waals surface area contributed by atoms with Crippen molar-refractivity contribution in [3.8, 4) is 0 Å². The van der Waals surface area contributed by atoms with Crippen LogP contribution >= 0.6 is 11.8 Å². The molecule has 7 heavy (non-hydrogen) atoms. The molecule has 1 aliphatic heterocycles. The van der Waals surface area contributed by atoms with Gasteiger partial charge in [0.1, 0.15) is 0 Å². The maximum atomic E-state index is 8.64. The standard InChI is InChI=1S/C3H6N2OS/c1-2-4-5-3(6)7-2/h3,5-6H,1H3. The third-order valence-electron chi connectivity index (χ3n) is 0.615. The SMILES string of the molecule is CC1=NNC(O)S1. The molecular formula is C3H6N2OS. The number of nitrogens with one attached hydrogen (secondary N) is 1. The van der Waals surface area contributed by atoms with Gasteiger partial charge < -0.3 is 5.11 Å². The van der Waals surface area contributed by atoms with Crippen molar-refractivity contribution < 1.29 is 5.11 Å². The van der Waals surface area contributed by atoms with Crippen molar-refractivity contribution in [3.05, 3.63) is 0 Å². The minimum absolute atomic E-state index is 0.514. The van der Waals surface area contributed by atoms with E-state index in [0.29, 0.717) is 0 Å². The lowest BCUT2D eigenvalue weighted by Gasteiger charge is -1.93. The summed E-state index contributed by atoms with van der Waals surface area (Å²) in [5.74, 6) is 0. The van der Waals surface area contributed by atoms with Gasteiger partial charge in [-0.3, -0.25) is 5.43 Å². The van der Waals surface area contributed by atoms with Crippen molar-refractivity contribution in [1.29, 1.82) is 0 Å². The van der Waals surface area contributed by atoms with Crippen molar-refractivity contribution in [3.63, 3.8) is 0 Å². The van der Waals surface area contributed by atoms with Crippen LogP contribution < -0.4 is 5.43 Å². The highest BCUT2D eigenvalue weighted by Gasteiger charge is 2.09. The van der Waals surface area contributed by atoms with E-state index in [-0.39, 0.29) is 0 Å². The number of hydrazone groups is 1. The van der Waals surface area contributed by atoms with Crippen LogP contribution in [-0.4, -0.2) is 15.7 Å². The molecule has 40 valence electrons. The van der Waals surface area contributed by atoms with Gasteiger partial charge in [0.2, 0.25) is 0 Å². The van der Waals surface area contributed by atoms with Crippen LogP contribution in [0.1, 0.15) is 6.92 Å². The van der Waals surface area contributed by atoms with E-state index in [4.69, 9.17) is 5.11 Å². The van der Waals surface area contributed by atoms with Gasteiger partial charge in [0.25, 0.3) is 0 Å². The molecule has 0 aliphatic carbocycles. The smallest absolute Gasteiger partial charge is 0.194 e. The maximum Gasteiger partial charge on any atom is 0.194 e. The molecule has 0 aromatic rings. The Bertz CT molecular complexity index is 103. The maximum absolute atomic E-state index is 8.64. The number of hydrogen-bond donors (Lipinski definition) is 2. The van der Waals surface area contributed by atoms with Gasteiger partial charge in [-0.05, 0) is 6.92 Å². The zero-order valence-corrected chi connectivity index (χ0v) is 4.70. The number of thioether (sulfide) groups is 1. The number of aliphatic hydroxyl groups is 1. The molecule has 0 aromatic heterocycles. The van der Waals surface area contributed by atoms with Gasteiger partial charge in [0.05, 0.1) is 5.04 Å². The van der Waals surface area contributed by atoms with Gasteiger partial charge in [-0.2, -0.15) is 5.10 Å². The number of rotatable bonds is 0. The Morgan fingerprint density at radius 2 is 2.71 bits per heavy atom. The van der Waals surface area contributed by atoms with Gasteiger partial charge in [0.15, 0.2) is 5.56 Å². The number of aliphatic hydroxyl groups excluding tert-OH is 1. The van der Waals surface area contributed by atoms with E-state index in [1.165, 1.54) is 11.8 Å². The molecule has 1 unspecified atom stereocenters. The molecule has 0 amide bonds. The summed E-state index contributed by atoms with van der Waals surface area (Å²) in [5, 5.41) is 13.2. The van der Waals surface area contributed by atoms with Crippen molar-refractivity contribution in [2.75, 3.05) is 0 Å². The first kappa shape index (κ1) is 4.93. The molecule has 0 saturated heterocycles. The highest BCUT2D eigenvalue weighted by atomic mass is 32.2. The second kappa shape index (κ2) is 1.71. The second-order valence-corrected chi connectivity index (χ2v) is 2.50. The Morgan fingerprint density at radius 3 is 2.86 bits per heavy atom. The average Bonchev–Trinajstić information content (AvgIpc) is 1.87. The monoisotopic (exact) mass is 118 g/mol. The molecule has 0 bridgehead atoms. The second-order valence-electron chi connectivity index (χ2n) is 1.23. The molecular weight excluding hydrogens is 112 g/mol. The molecule has 1 rings (SSSR count). The van der Waals surface area contributed by atoms with Crippen LogP contribution in [0, 0.1) is 0 Å². The van der Waals surface area contributed by atoms with Crippen LogP contribution in [0.3, 0.4) is 0 Å². The van der Waals surface area contributed by atoms with E-state index < -0.39 is 5.56 Å². The lowest BCUT2D eigenvalue weighted by molar-refractivity contribution is 0.232. The largest absolute Gasteiger partial charge is 0.363 e. The van der Waals surface area contributed by atoms with Crippen molar-refractivity contribution in [2.45, 2.75) is 12.5 Å². The molecule has 3 nitrogen and oxygen atoms in total. The number of hydrogen-bond acceptors (Lipinski definition) is 4. The molecule has 0 radical (unpaired) electrons. The lowest BCUT2D eigenvalue weighted by atomic mass is 10.9. The summed E-state index contributed by atoms with van der Waals surface area (Å²) < 4.78 is 0. The van der Waals surface area contributed by atoms with Crippen molar-refractivity contribution in [2.24, 2.45) is 5.10 Å². The summed E-state index contributed by atoms with van der Waals surface area (Å²) in [6.45, 7) is 1.84. The summed E-state index contributed by atoms with van der Waals surface area (Å²) in [6.07, 6.45) is 0. The minimum Gasteiger partial charge on any atom is -0.363 e. The summed E-state index contributed by atoms with van der Waals surface area (Å²) in [4.78, 5) is 0. The van der Waals surface area contributed by atoms with Gasteiger partial charge in [-0.1, -0.05) is 11.8 Å². The van der Waals surface area contributed by atoms with Gasteiger partial charge in [-0.25, -0.2) is 0 Å². The molecule has 0 aromatic carbocycles. The Morgan fingerprint density at radius 1 is 2.00 bits per heavy atom. The fraction of sp³-hybridized carbons (Fsp3) is 0.667. The van der Waals surface area contributed by atoms with E-state index in [2.05, 4.69) is 10.5 Å². The van der Waals surface area contributed by atoms with Gasteiger partial charge in [-0.15, -0.1) is 0 Å². The first-order valence-electron chi connectivity index (χ1n) is 1.93. The zero-order valence-electron chi connectivity index (χ0n) is 3.88. The molecule has 1 atom stereocenters. The molecule has 0 fully saturated rings. The molecule has 0 spiro atoms. The quantitative estimate of drug-likeness (QED) is 0.468. The summed E-state index contributed by atoms with van der Waals surface area (Å²) in [7, 11) is 0. The van der Waals surface area contributed by atoms with Crippen LogP contribution in [0.2, 0.25) is 0 Å². The highest BCUT2D eigenvalue weighted by Crippen LogP contribution is 2.12. The van der Waals surface area contributed by atoms with Crippen LogP contribution in [0.25, 0.3) is 0 Å². The minimum atomic E-state index is -0.514. The first-order chi connectivity index (χ1) is 3.29. The Hall–Kier alpha value is -0.220. The third kappa shape index (κ3) is 1.07. The average molecular weight is 118 g/mol. The first-order valence-corrected chi connectivity index (χ1v) is 2.81. The predicted molar refractivity (Wildman–Crippen MR) is 29.8 cm³/mol.